The van der Waals surface area contributed by atoms with Gasteiger partial charge in [0.1, 0.15) is 10.0 Å². The van der Waals surface area contributed by atoms with E-state index in [0.29, 0.717) is 22.4 Å². The van der Waals surface area contributed by atoms with Crippen LogP contribution in [-0.2, 0) is 16.6 Å². The molecule has 0 saturated carbocycles. The molecule has 0 spiro atoms. The van der Waals surface area contributed by atoms with Crippen molar-refractivity contribution < 1.29 is 18.3 Å². The normalized spacial score (nSPS) is 11.4. The van der Waals surface area contributed by atoms with Gasteiger partial charge in [-0.2, -0.15) is 0 Å². The molecular weight excluding hydrogens is 402 g/mol. The molecule has 0 aliphatic carbocycles. The van der Waals surface area contributed by atoms with Gasteiger partial charge < -0.3 is 10.0 Å². The summed E-state index contributed by atoms with van der Waals surface area (Å²) < 4.78 is 27.7. The van der Waals surface area contributed by atoms with Crippen molar-refractivity contribution in [2.75, 3.05) is 7.05 Å². The molecule has 1 N–H and O–H groups in total. The standard InChI is InChI=1S/C19H18ClN3O4S/c1-13-8-16(10-21-18(13)20)28(26,27)23-12-14(11-22(2)19(24)25)9-17(23)15-6-4-3-5-7-15/h3-10,12H,11H2,1-2H3,(H,24,25). The van der Waals surface area contributed by atoms with Gasteiger partial charge in [0.15, 0.2) is 0 Å². The lowest BCUT2D eigenvalue weighted by Gasteiger charge is -2.12. The second-order valence-corrected chi connectivity index (χ2v) is 8.49. The van der Waals surface area contributed by atoms with Crippen LogP contribution in [0.3, 0.4) is 0 Å². The smallest absolute Gasteiger partial charge is 0.407 e. The van der Waals surface area contributed by atoms with Crippen LogP contribution in [0.1, 0.15) is 11.1 Å². The Balaban J connectivity index is 2.16. The van der Waals surface area contributed by atoms with Crippen molar-refractivity contribution in [3.05, 3.63) is 71.1 Å². The van der Waals surface area contributed by atoms with Gasteiger partial charge in [-0.1, -0.05) is 41.9 Å². The summed E-state index contributed by atoms with van der Waals surface area (Å²) in [5, 5.41) is 9.35. The van der Waals surface area contributed by atoms with E-state index in [1.165, 1.54) is 25.5 Å². The first kappa shape index (κ1) is 19.9. The number of aryl methyl sites for hydroxylation is 1. The minimum Gasteiger partial charge on any atom is -0.465 e. The first-order valence-corrected chi connectivity index (χ1v) is 10.1. The van der Waals surface area contributed by atoms with Crippen LogP contribution in [0.25, 0.3) is 11.3 Å². The summed E-state index contributed by atoms with van der Waals surface area (Å²) in [7, 11) is -2.54. The molecule has 2 aromatic heterocycles. The highest BCUT2D eigenvalue weighted by Gasteiger charge is 2.23. The molecule has 1 amide bonds. The van der Waals surface area contributed by atoms with Crippen LogP contribution in [-0.4, -0.2) is 40.5 Å². The molecule has 0 saturated heterocycles. The van der Waals surface area contributed by atoms with Crippen molar-refractivity contribution in [1.82, 2.24) is 13.9 Å². The van der Waals surface area contributed by atoms with Crippen molar-refractivity contribution in [3.63, 3.8) is 0 Å². The second-order valence-electron chi connectivity index (χ2n) is 6.32. The monoisotopic (exact) mass is 419 g/mol. The molecule has 3 aromatic rings. The van der Waals surface area contributed by atoms with Crippen LogP contribution in [0.4, 0.5) is 4.79 Å². The Kier molecular flexibility index (Phi) is 5.44. The van der Waals surface area contributed by atoms with Gasteiger partial charge in [0, 0.05) is 19.4 Å². The zero-order valence-electron chi connectivity index (χ0n) is 15.2. The number of hydrogen-bond donors (Lipinski definition) is 1. The van der Waals surface area contributed by atoms with Crippen molar-refractivity contribution in [3.8, 4) is 11.3 Å². The Labute approximate surface area is 167 Å². The van der Waals surface area contributed by atoms with Gasteiger partial charge in [-0.3, -0.25) is 0 Å². The van der Waals surface area contributed by atoms with Gasteiger partial charge in [-0.05, 0) is 35.7 Å². The van der Waals surface area contributed by atoms with Gasteiger partial charge in [0.25, 0.3) is 10.0 Å². The summed E-state index contributed by atoms with van der Waals surface area (Å²) >= 11 is 5.92. The van der Waals surface area contributed by atoms with E-state index in [-0.39, 0.29) is 16.6 Å². The van der Waals surface area contributed by atoms with Gasteiger partial charge in [-0.25, -0.2) is 22.2 Å². The third-order valence-corrected chi connectivity index (χ3v) is 6.24. The number of amides is 1. The van der Waals surface area contributed by atoms with E-state index in [9.17, 15) is 13.2 Å². The highest BCUT2D eigenvalue weighted by molar-refractivity contribution is 7.90. The van der Waals surface area contributed by atoms with Crippen molar-refractivity contribution in [1.29, 1.82) is 0 Å². The Morgan fingerprint density at radius 1 is 1.25 bits per heavy atom. The summed E-state index contributed by atoms with van der Waals surface area (Å²) in [6.45, 7) is 1.73. The SMILES string of the molecule is Cc1cc(S(=O)(=O)n2cc(CN(C)C(=O)O)cc2-c2ccccc2)cnc1Cl. The van der Waals surface area contributed by atoms with Crippen molar-refractivity contribution >= 4 is 27.7 Å². The first-order valence-electron chi connectivity index (χ1n) is 8.28. The molecule has 0 aliphatic rings. The van der Waals surface area contributed by atoms with Crippen LogP contribution in [0.5, 0.6) is 0 Å². The van der Waals surface area contributed by atoms with Crippen LogP contribution >= 0.6 is 11.6 Å². The molecule has 0 radical (unpaired) electrons. The van der Waals surface area contributed by atoms with E-state index in [1.54, 1.807) is 37.3 Å². The van der Waals surface area contributed by atoms with Crippen LogP contribution in [0.2, 0.25) is 5.15 Å². The number of nitrogens with zero attached hydrogens (tertiary/aromatic N) is 3. The molecule has 0 aliphatic heterocycles. The van der Waals surface area contributed by atoms with Crippen molar-refractivity contribution in [2.45, 2.75) is 18.4 Å². The van der Waals surface area contributed by atoms with Gasteiger partial charge >= 0.3 is 6.09 Å². The number of pyridine rings is 1. The second kappa shape index (κ2) is 7.65. The summed E-state index contributed by atoms with van der Waals surface area (Å²) in [5.74, 6) is 0. The zero-order valence-corrected chi connectivity index (χ0v) is 16.8. The van der Waals surface area contributed by atoms with E-state index in [1.807, 2.05) is 6.07 Å². The third-order valence-electron chi connectivity index (χ3n) is 4.20. The van der Waals surface area contributed by atoms with Gasteiger partial charge in [-0.15, -0.1) is 0 Å². The van der Waals surface area contributed by atoms with Crippen molar-refractivity contribution in [2.24, 2.45) is 0 Å². The Morgan fingerprint density at radius 3 is 2.54 bits per heavy atom. The predicted octanol–water partition coefficient (Wildman–Crippen LogP) is 3.86. The highest BCUT2D eigenvalue weighted by Crippen LogP contribution is 2.28. The molecular formula is C19H18ClN3O4S. The Hall–Kier alpha value is -2.84. The fourth-order valence-corrected chi connectivity index (χ4v) is 4.26. The lowest BCUT2D eigenvalue weighted by Crippen LogP contribution is -2.23. The number of hydrogen-bond acceptors (Lipinski definition) is 4. The number of benzene rings is 1. The molecule has 0 bridgehead atoms. The molecule has 9 heteroatoms. The maximum absolute atomic E-state index is 13.3. The molecule has 28 heavy (non-hydrogen) atoms. The lowest BCUT2D eigenvalue weighted by molar-refractivity contribution is 0.154. The predicted molar refractivity (Wildman–Crippen MR) is 106 cm³/mol. The third kappa shape index (κ3) is 3.88. The Bertz CT molecular complexity index is 1130. The van der Waals surface area contributed by atoms with Crippen LogP contribution < -0.4 is 0 Å². The fraction of sp³-hybridized carbons (Fsp3) is 0.158. The fourth-order valence-electron chi connectivity index (χ4n) is 2.73. The summed E-state index contributed by atoms with van der Waals surface area (Å²) in [4.78, 5) is 16.2. The van der Waals surface area contributed by atoms with E-state index < -0.39 is 16.1 Å². The average molecular weight is 420 g/mol. The quantitative estimate of drug-likeness (QED) is 0.634. The Morgan fingerprint density at radius 2 is 1.93 bits per heavy atom. The van der Waals surface area contributed by atoms with Gasteiger partial charge in [0.05, 0.1) is 12.2 Å². The zero-order chi connectivity index (χ0) is 20.5. The maximum Gasteiger partial charge on any atom is 0.407 e. The minimum absolute atomic E-state index is 0.000297. The van der Waals surface area contributed by atoms with Gasteiger partial charge in [0.2, 0.25) is 0 Å². The number of rotatable bonds is 5. The lowest BCUT2D eigenvalue weighted by atomic mass is 10.1. The molecule has 1 aromatic carbocycles. The molecule has 7 nitrogen and oxygen atoms in total. The topological polar surface area (TPSA) is 92.5 Å². The maximum atomic E-state index is 13.3. The number of aromatic nitrogens is 2. The van der Waals surface area contributed by atoms with Crippen LogP contribution in [0.15, 0.2) is 59.8 Å². The summed E-state index contributed by atoms with van der Waals surface area (Å²) in [6.07, 6.45) is 1.54. The molecule has 0 atom stereocenters. The minimum atomic E-state index is -3.96. The molecule has 0 fully saturated rings. The summed E-state index contributed by atoms with van der Waals surface area (Å²) in [5.41, 5.74) is 2.21. The van der Waals surface area contributed by atoms with E-state index in [4.69, 9.17) is 16.7 Å². The first-order chi connectivity index (χ1) is 13.2. The largest absolute Gasteiger partial charge is 0.465 e. The molecule has 3 rings (SSSR count). The van der Waals surface area contributed by atoms with Crippen LogP contribution in [0, 0.1) is 6.92 Å². The van der Waals surface area contributed by atoms with E-state index in [0.717, 1.165) is 8.87 Å². The molecule has 2 heterocycles. The number of carbonyl (C=O) groups is 1. The molecule has 0 unspecified atom stereocenters. The number of halogens is 1. The summed E-state index contributed by atoms with van der Waals surface area (Å²) in [6, 6.07) is 12.1. The average Bonchev–Trinajstić information content (AvgIpc) is 3.09. The highest BCUT2D eigenvalue weighted by atomic mass is 35.5. The van der Waals surface area contributed by atoms with E-state index >= 15 is 0 Å². The van der Waals surface area contributed by atoms with E-state index in [2.05, 4.69) is 4.98 Å². The number of carboxylic acid groups (broad SMARTS) is 1. The molecule has 146 valence electrons.